The number of anilines is 1. The molecule has 5 nitrogen and oxygen atoms in total. The number of benzene rings is 2. The summed E-state index contributed by atoms with van der Waals surface area (Å²) >= 11 is 0. The minimum absolute atomic E-state index is 0.00103. The van der Waals surface area contributed by atoms with Crippen LogP contribution in [0.25, 0.3) is 0 Å². The van der Waals surface area contributed by atoms with E-state index in [4.69, 9.17) is 0 Å². The summed E-state index contributed by atoms with van der Waals surface area (Å²) < 4.78 is 40.2. The van der Waals surface area contributed by atoms with Gasteiger partial charge in [0.2, 0.25) is 15.9 Å². The summed E-state index contributed by atoms with van der Waals surface area (Å²) in [6.45, 7) is 3.23. The molecule has 0 aliphatic heterocycles. The van der Waals surface area contributed by atoms with Crippen LogP contribution in [0, 0.1) is 12.7 Å². The smallest absolute Gasteiger partial charge is 0.242 e. The van der Waals surface area contributed by atoms with E-state index in [-0.39, 0.29) is 10.6 Å². The van der Waals surface area contributed by atoms with Gasteiger partial charge in [-0.1, -0.05) is 29.8 Å². The highest BCUT2D eigenvalue weighted by molar-refractivity contribution is 7.89. The van der Waals surface area contributed by atoms with Crippen LogP contribution in [0.3, 0.4) is 0 Å². The zero-order valence-electron chi connectivity index (χ0n) is 12.7. The average Bonchev–Trinajstić information content (AvgIpc) is 2.49. The predicted molar refractivity (Wildman–Crippen MR) is 86.0 cm³/mol. The Labute approximate surface area is 134 Å². The number of hydrogen-bond donors (Lipinski definition) is 2. The molecule has 0 aliphatic carbocycles. The summed E-state index contributed by atoms with van der Waals surface area (Å²) in [5, 5.41) is 2.35. The molecule has 0 aliphatic rings. The summed E-state index contributed by atoms with van der Waals surface area (Å²) in [4.78, 5) is 12.1. The molecule has 1 atom stereocenters. The maximum Gasteiger partial charge on any atom is 0.242 e. The first-order valence-corrected chi connectivity index (χ1v) is 8.42. The maximum atomic E-state index is 13.5. The molecule has 7 heteroatoms. The first-order chi connectivity index (χ1) is 10.8. The van der Waals surface area contributed by atoms with Gasteiger partial charge in [-0.05, 0) is 38.1 Å². The molecule has 0 saturated heterocycles. The van der Waals surface area contributed by atoms with Gasteiger partial charge in [0.15, 0.2) is 0 Å². The normalized spacial score (nSPS) is 12.7. The van der Waals surface area contributed by atoms with E-state index >= 15 is 0 Å². The van der Waals surface area contributed by atoms with Crippen molar-refractivity contribution in [1.29, 1.82) is 0 Å². The van der Waals surface area contributed by atoms with Gasteiger partial charge in [-0.25, -0.2) is 12.8 Å². The minimum Gasteiger partial charge on any atom is -0.322 e. The molecule has 2 rings (SSSR count). The van der Waals surface area contributed by atoms with Crippen molar-refractivity contribution in [3.8, 4) is 0 Å². The average molecular weight is 336 g/mol. The number of halogens is 1. The Hall–Kier alpha value is -2.25. The van der Waals surface area contributed by atoms with E-state index in [0.29, 0.717) is 0 Å². The van der Waals surface area contributed by atoms with Crippen LogP contribution in [0.15, 0.2) is 53.4 Å². The van der Waals surface area contributed by atoms with E-state index in [1.165, 1.54) is 37.3 Å². The van der Waals surface area contributed by atoms with Crippen molar-refractivity contribution in [2.75, 3.05) is 5.32 Å². The molecule has 0 heterocycles. The molecule has 23 heavy (non-hydrogen) atoms. The Kier molecular flexibility index (Phi) is 5.12. The number of amides is 1. The fourth-order valence-corrected chi connectivity index (χ4v) is 3.08. The lowest BCUT2D eigenvalue weighted by molar-refractivity contribution is -0.117. The zero-order chi connectivity index (χ0) is 17.0. The zero-order valence-corrected chi connectivity index (χ0v) is 13.5. The molecule has 0 spiro atoms. The molecule has 122 valence electrons. The lowest BCUT2D eigenvalue weighted by Crippen LogP contribution is -2.41. The highest BCUT2D eigenvalue weighted by Gasteiger charge is 2.22. The van der Waals surface area contributed by atoms with Crippen LogP contribution in [0.2, 0.25) is 0 Å². The number of hydrogen-bond acceptors (Lipinski definition) is 3. The Morgan fingerprint density at radius 1 is 1.09 bits per heavy atom. The van der Waals surface area contributed by atoms with E-state index in [9.17, 15) is 17.6 Å². The van der Waals surface area contributed by atoms with Crippen LogP contribution in [0.1, 0.15) is 12.5 Å². The highest BCUT2D eigenvalue weighted by Crippen LogP contribution is 2.14. The van der Waals surface area contributed by atoms with Gasteiger partial charge in [0.25, 0.3) is 0 Å². The third-order valence-corrected chi connectivity index (χ3v) is 4.74. The molecule has 0 saturated carbocycles. The van der Waals surface area contributed by atoms with Crippen molar-refractivity contribution in [2.45, 2.75) is 24.8 Å². The molecule has 0 aromatic heterocycles. The highest BCUT2D eigenvalue weighted by atomic mass is 32.2. The second-order valence-corrected chi connectivity index (χ2v) is 6.84. The number of sulfonamides is 1. The van der Waals surface area contributed by atoms with Gasteiger partial charge in [-0.2, -0.15) is 4.72 Å². The number of aryl methyl sites for hydroxylation is 1. The van der Waals surface area contributed by atoms with Gasteiger partial charge in [0.05, 0.1) is 16.6 Å². The van der Waals surface area contributed by atoms with Crippen LogP contribution in [-0.4, -0.2) is 20.4 Å². The Balaban J connectivity index is 2.08. The second kappa shape index (κ2) is 6.89. The number of rotatable bonds is 5. The van der Waals surface area contributed by atoms with Gasteiger partial charge in [0, 0.05) is 0 Å². The molecule has 2 N–H and O–H groups in total. The third-order valence-electron chi connectivity index (χ3n) is 3.19. The third kappa shape index (κ3) is 4.37. The fourth-order valence-electron chi connectivity index (χ4n) is 1.88. The molecular weight excluding hydrogens is 319 g/mol. The van der Waals surface area contributed by atoms with Crippen molar-refractivity contribution < 1.29 is 17.6 Å². The Bertz CT molecular complexity index is 804. The molecule has 1 amide bonds. The van der Waals surface area contributed by atoms with Crippen molar-refractivity contribution in [3.63, 3.8) is 0 Å². The molecule has 0 bridgehead atoms. The first kappa shape index (κ1) is 17.1. The van der Waals surface area contributed by atoms with Gasteiger partial charge in [0.1, 0.15) is 5.82 Å². The molecule has 0 unspecified atom stereocenters. The standard InChI is InChI=1S/C16H17FN2O3S/c1-11-7-9-13(10-8-11)23(21,22)19-12(2)16(20)18-15-6-4-3-5-14(15)17/h3-10,12,19H,1-2H3,(H,18,20)/t12-/m0/s1. The van der Waals surface area contributed by atoms with Crippen LogP contribution in [-0.2, 0) is 14.8 Å². The maximum absolute atomic E-state index is 13.5. The number of carbonyl (C=O) groups is 1. The Morgan fingerprint density at radius 3 is 2.30 bits per heavy atom. The van der Waals surface area contributed by atoms with E-state index in [2.05, 4.69) is 10.0 Å². The van der Waals surface area contributed by atoms with E-state index < -0.39 is 27.8 Å². The molecule has 0 fully saturated rings. The molecule has 2 aromatic carbocycles. The van der Waals surface area contributed by atoms with Crippen molar-refractivity contribution in [1.82, 2.24) is 4.72 Å². The summed E-state index contributed by atoms with van der Waals surface area (Å²) in [5.41, 5.74) is 0.924. The second-order valence-electron chi connectivity index (χ2n) is 5.13. The lowest BCUT2D eigenvalue weighted by Gasteiger charge is -2.15. The van der Waals surface area contributed by atoms with Gasteiger partial charge >= 0.3 is 0 Å². The van der Waals surface area contributed by atoms with Gasteiger partial charge in [-0.3, -0.25) is 4.79 Å². The first-order valence-electron chi connectivity index (χ1n) is 6.94. The largest absolute Gasteiger partial charge is 0.322 e. The summed E-state index contributed by atoms with van der Waals surface area (Å²) in [7, 11) is -3.83. The van der Waals surface area contributed by atoms with Crippen molar-refractivity contribution in [2.24, 2.45) is 0 Å². The lowest BCUT2D eigenvalue weighted by atomic mass is 10.2. The SMILES string of the molecule is Cc1ccc(S(=O)(=O)N[C@@H](C)C(=O)Nc2ccccc2F)cc1. The Morgan fingerprint density at radius 2 is 1.70 bits per heavy atom. The summed E-state index contributed by atoms with van der Waals surface area (Å²) in [6.07, 6.45) is 0. The van der Waals surface area contributed by atoms with Crippen LogP contribution in [0.4, 0.5) is 10.1 Å². The van der Waals surface area contributed by atoms with Crippen molar-refractivity contribution in [3.05, 3.63) is 59.9 Å². The van der Waals surface area contributed by atoms with Crippen molar-refractivity contribution >= 4 is 21.6 Å². The monoisotopic (exact) mass is 336 g/mol. The van der Waals surface area contributed by atoms with E-state index in [1.54, 1.807) is 18.2 Å². The summed E-state index contributed by atoms with van der Waals surface area (Å²) in [5.74, 6) is -1.24. The summed E-state index contributed by atoms with van der Waals surface area (Å²) in [6, 6.07) is 10.9. The molecule has 0 radical (unpaired) electrons. The fraction of sp³-hybridized carbons (Fsp3) is 0.188. The predicted octanol–water partition coefficient (Wildman–Crippen LogP) is 2.44. The van der Waals surface area contributed by atoms with E-state index in [0.717, 1.165) is 5.56 Å². The van der Waals surface area contributed by atoms with Gasteiger partial charge in [-0.15, -0.1) is 0 Å². The topological polar surface area (TPSA) is 75.3 Å². The van der Waals surface area contributed by atoms with Gasteiger partial charge < -0.3 is 5.32 Å². The quantitative estimate of drug-likeness (QED) is 0.880. The number of nitrogens with one attached hydrogen (secondary N) is 2. The van der Waals surface area contributed by atoms with E-state index in [1.807, 2.05) is 6.92 Å². The van der Waals surface area contributed by atoms with Crippen LogP contribution in [0.5, 0.6) is 0 Å². The number of carbonyl (C=O) groups excluding carboxylic acids is 1. The van der Waals surface area contributed by atoms with Crippen LogP contribution < -0.4 is 10.0 Å². The number of para-hydroxylation sites is 1. The molecular formula is C16H17FN2O3S. The molecule has 2 aromatic rings. The van der Waals surface area contributed by atoms with Crippen LogP contribution >= 0.6 is 0 Å². The minimum atomic E-state index is -3.83.